The lowest BCUT2D eigenvalue weighted by molar-refractivity contribution is -0.384. The monoisotopic (exact) mass is 330 g/mol. The van der Waals surface area contributed by atoms with Crippen LogP contribution in [0, 0.1) is 16.0 Å². The summed E-state index contributed by atoms with van der Waals surface area (Å²) in [6, 6.07) is 2.83. The van der Waals surface area contributed by atoms with Crippen LogP contribution in [-0.4, -0.2) is 28.3 Å². The van der Waals surface area contributed by atoms with Crippen molar-refractivity contribution in [1.29, 1.82) is 0 Å². The Balaban J connectivity index is 2.35. The first-order chi connectivity index (χ1) is 9.81. The van der Waals surface area contributed by atoms with Crippen molar-refractivity contribution < 1.29 is 9.72 Å². The number of amides is 1. The summed E-state index contributed by atoms with van der Waals surface area (Å²) in [6.07, 6.45) is 1.95. The van der Waals surface area contributed by atoms with Gasteiger partial charge in [0, 0.05) is 24.2 Å². The molecule has 21 heavy (non-hydrogen) atoms. The van der Waals surface area contributed by atoms with Gasteiger partial charge in [0.2, 0.25) is 0 Å². The van der Waals surface area contributed by atoms with Crippen molar-refractivity contribution >= 4 is 34.8 Å². The average molecular weight is 331 g/mol. The van der Waals surface area contributed by atoms with Crippen molar-refractivity contribution in [3.63, 3.8) is 0 Å². The summed E-state index contributed by atoms with van der Waals surface area (Å²) in [6.45, 7) is 4.68. The van der Waals surface area contributed by atoms with E-state index in [1.54, 1.807) is 4.90 Å². The molecule has 1 saturated carbocycles. The SMILES string of the molecule is CC(C)CN(C(=O)c1cc(Cl)c(Cl)c([N+](=O)[O-])c1)C1CC1. The van der Waals surface area contributed by atoms with Gasteiger partial charge in [0.15, 0.2) is 0 Å². The van der Waals surface area contributed by atoms with E-state index in [1.165, 1.54) is 12.1 Å². The summed E-state index contributed by atoms with van der Waals surface area (Å²) in [7, 11) is 0. The Morgan fingerprint density at radius 2 is 2.05 bits per heavy atom. The van der Waals surface area contributed by atoms with Crippen molar-refractivity contribution in [3.8, 4) is 0 Å². The number of hydrogen-bond acceptors (Lipinski definition) is 3. The normalized spacial score (nSPS) is 14.3. The molecule has 0 saturated heterocycles. The van der Waals surface area contributed by atoms with Gasteiger partial charge in [-0.25, -0.2) is 0 Å². The minimum absolute atomic E-state index is 0.0227. The predicted molar refractivity (Wildman–Crippen MR) is 82.0 cm³/mol. The van der Waals surface area contributed by atoms with Crippen LogP contribution in [0.2, 0.25) is 10.0 Å². The van der Waals surface area contributed by atoms with Crippen molar-refractivity contribution in [1.82, 2.24) is 4.90 Å². The predicted octanol–water partition coefficient (Wildman–Crippen LogP) is 4.16. The number of rotatable bonds is 5. The van der Waals surface area contributed by atoms with Crippen LogP contribution in [-0.2, 0) is 0 Å². The first-order valence-corrected chi connectivity index (χ1v) is 7.51. The molecule has 1 fully saturated rings. The lowest BCUT2D eigenvalue weighted by atomic mass is 10.1. The van der Waals surface area contributed by atoms with Crippen molar-refractivity contribution in [2.45, 2.75) is 32.7 Å². The highest BCUT2D eigenvalue weighted by atomic mass is 35.5. The largest absolute Gasteiger partial charge is 0.335 e. The Bertz CT molecular complexity index is 586. The molecule has 1 aromatic rings. The summed E-state index contributed by atoms with van der Waals surface area (Å²) in [4.78, 5) is 24.7. The van der Waals surface area contributed by atoms with Crippen LogP contribution in [0.5, 0.6) is 0 Å². The highest BCUT2D eigenvalue weighted by Gasteiger charge is 2.34. The minimum Gasteiger partial charge on any atom is -0.335 e. The van der Waals surface area contributed by atoms with Gasteiger partial charge in [0.1, 0.15) is 5.02 Å². The fourth-order valence-electron chi connectivity index (χ4n) is 2.17. The average Bonchev–Trinajstić information content (AvgIpc) is 3.22. The number of hydrogen-bond donors (Lipinski definition) is 0. The van der Waals surface area contributed by atoms with Gasteiger partial charge in [-0.15, -0.1) is 0 Å². The molecule has 1 aliphatic rings. The number of carbonyl (C=O) groups excluding carboxylic acids is 1. The quantitative estimate of drug-likeness (QED) is 0.601. The van der Waals surface area contributed by atoms with E-state index in [1.807, 2.05) is 13.8 Å². The summed E-state index contributed by atoms with van der Waals surface area (Å²) >= 11 is 11.7. The standard InChI is InChI=1S/C14H16Cl2N2O3/c1-8(2)7-17(10-3-4-10)14(19)9-5-11(15)13(16)12(6-9)18(20)21/h5-6,8,10H,3-4,7H2,1-2H3. The summed E-state index contributed by atoms with van der Waals surface area (Å²) in [5.41, 5.74) is -0.128. The maximum absolute atomic E-state index is 12.6. The van der Waals surface area contributed by atoms with E-state index in [-0.39, 0.29) is 33.2 Å². The van der Waals surface area contributed by atoms with Crippen LogP contribution in [0.3, 0.4) is 0 Å². The van der Waals surface area contributed by atoms with E-state index in [0.717, 1.165) is 12.8 Å². The second-order valence-electron chi connectivity index (χ2n) is 5.63. The third-order valence-electron chi connectivity index (χ3n) is 3.26. The molecular formula is C14H16Cl2N2O3. The molecular weight excluding hydrogens is 315 g/mol. The van der Waals surface area contributed by atoms with Gasteiger partial charge in [-0.2, -0.15) is 0 Å². The number of benzene rings is 1. The molecule has 1 aromatic carbocycles. The highest BCUT2D eigenvalue weighted by molar-refractivity contribution is 6.43. The Kier molecular flexibility index (Phi) is 4.74. The fourth-order valence-corrected chi connectivity index (χ4v) is 2.57. The lowest BCUT2D eigenvalue weighted by Crippen LogP contribution is -2.36. The molecule has 1 aliphatic carbocycles. The zero-order valence-corrected chi connectivity index (χ0v) is 13.3. The maximum atomic E-state index is 12.6. The molecule has 0 bridgehead atoms. The Morgan fingerprint density at radius 1 is 1.43 bits per heavy atom. The second-order valence-corrected chi connectivity index (χ2v) is 6.42. The molecule has 0 aromatic heterocycles. The van der Waals surface area contributed by atoms with E-state index in [4.69, 9.17) is 23.2 Å². The molecule has 0 radical (unpaired) electrons. The maximum Gasteiger partial charge on any atom is 0.290 e. The van der Waals surface area contributed by atoms with Crippen molar-refractivity contribution in [2.75, 3.05) is 6.54 Å². The Hall–Kier alpha value is -1.33. The zero-order chi connectivity index (χ0) is 15.7. The van der Waals surface area contributed by atoms with Gasteiger partial charge in [0.25, 0.3) is 11.6 Å². The van der Waals surface area contributed by atoms with Gasteiger partial charge >= 0.3 is 0 Å². The van der Waals surface area contributed by atoms with E-state index in [9.17, 15) is 14.9 Å². The lowest BCUT2D eigenvalue weighted by Gasteiger charge is -2.24. The van der Waals surface area contributed by atoms with E-state index >= 15 is 0 Å². The number of nitro groups is 1. The molecule has 1 amide bonds. The van der Waals surface area contributed by atoms with Crippen LogP contribution < -0.4 is 0 Å². The van der Waals surface area contributed by atoms with E-state index < -0.39 is 4.92 Å². The number of carbonyl (C=O) groups is 1. The molecule has 2 rings (SSSR count). The molecule has 0 heterocycles. The van der Waals surface area contributed by atoms with Crippen LogP contribution in [0.25, 0.3) is 0 Å². The molecule has 114 valence electrons. The third-order valence-corrected chi connectivity index (χ3v) is 4.06. The van der Waals surface area contributed by atoms with Gasteiger partial charge in [-0.1, -0.05) is 37.0 Å². The van der Waals surface area contributed by atoms with Crippen LogP contribution >= 0.6 is 23.2 Å². The van der Waals surface area contributed by atoms with Crippen LogP contribution in [0.4, 0.5) is 5.69 Å². The zero-order valence-electron chi connectivity index (χ0n) is 11.8. The van der Waals surface area contributed by atoms with Crippen LogP contribution in [0.15, 0.2) is 12.1 Å². The summed E-state index contributed by atoms with van der Waals surface area (Å²) < 4.78 is 0. The molecule has 0 spiro atoms. The molecule has 5 nitrogen and oxygen atoms in total. The number of nitro benzene ring substituents is 1. The molecule has 7 heteroatoms. The minimum atomic E-state index is -0.630. The topological polar surface area (TPSA) is 63.5 Å². The third kappa shape index (κ3) is 3.66. The van der Waals surface area contributed by atoms with Gasteiger partial charge < -0.3 is 4.90 Å². The van der Waals surface area contributed by atoms with Gasteiger partial charge in [0.05, 0.1) is 9.95 Å². The van der Waals surface area contributed by atoms with Crippen LogP contribution in [0.1, 0.15) is 37.0 Å². The second kappa shape index (κ2) is 6.20. The first kappa shape index (κ1) is 16.0. The van der Waals surface area contributed by atoms with E-state index in [0.29, 0.717) is 12.5 Å². The van der Waals surface area contributed by atoms with Gasteiger partial charge in [-0.3, -0.25) is 14.9 Å². The van der Waals surface area contributed by atoms with E-state index in [2.05, 4.69) is 0 Å². The molecule has 0 atom stereocenters. The smallest absolute Gasteiger partial charge is 0.290 e. The Morgan fingerprint density at radius 3 is 2.52 bits per heavy atom. The van der Waals surface area contributed by atoms with Crippen molar-refractivity contribution in [2.24, 2.45) is 5.92 Å². The van der Waals surface area contributed by atoms with Crippen molar-refractivity contribution in [3.05, 3.63) is 37.9 Å². The fraction of sp³-hybridized carbons (Fsp3) is 0.500. The van der Waals surface area contributed by atoms with Gasteiger partial charge in [-0.05, 0) is 24.8 Å². The molecule has 0 unspecified atom stereocenters. The molecule has 0 aliphatic heterocycles. The summed E-state index contributed by atoms with van der Waals surface area (Å²) in [5.74, 6) is 0.0974. The highest BCUT2D eigenvalue weighted by Crippen LogP contribution is 2.35. The number of halogens is 2. The molecule has 0 N–H and O–H groups in total. The first-order valence-electron chi connectivity index (χ1n) is 6.75. The summed E-state index contributed by atoms with van der Waals surface area (Å²) in [5, 5.41) is 10.9. The Labute approximate surface area is 133 Å². The number of nitrogens with zero attached hydrogens (tertiary/aromatic N) is 2.